The Hall–Kier alpha value is -0.960. The van der Waals surface area contributed by atoms with E-state index >= 15 is 0 Å². The highest BCUT2D eigenvalue weighted by molar-refractivity contribution is 5.85. The smallest absolute Gasteiger partial charge is 0.319 e. The molecule has 0 unspecified atom stereocenters. The first kappa shape index (κ1) is 21.1. The van der Waals surface area contributed by atoms with E-state index in [1.54, 1.807) is 0 Å². The van der Waals surface area contributed by atoms with Gasteiger partial charge in [-0.3, -0.25) is 14.3 Å². The average Bonchev–Trinajstić information content (AvgIpc) is 3.18. The third-order valence-electron chi connectivity index (χ3n) is 4.37. The minimum atomic E-state index is -2.56. The van der Waals surface area contributed by atoms with E-state index in [4.69, 9.17) is 0 Å². The molecule has 138 valence electrons. The summed E-state index contributed by atoms with van der Waals surface area (Å²) >= 11 is 0. The lowest BCUT2D eigenvalue weighted by molar-refractivity contribution is -0.134. The van der Waals surface area contributed by atoms with Crippen LogP contribution in [0.25, 0.3) is 0 Å². The van der Waals surface area contributed by atoms with Crippen LogP contribution in [-0.4, -0.2) is 64.0 Å². The number of nitrogens with zero attached hydrogens (tertiary/aromatic N) is 4. The number of halogens is 4. The van der Waals surface area contributed by atoms with Gasteiger partial charge in [0.05, 0.1) is 12.6 Å². The lowest BCUT2D eigenvalue weighted by Gasteiger charge is -2.35. The van der Waals surface area contributed by atoms with Gasteiger partial charge in [-0.25, -0.2) is 4.98 Å². The van der Waals surface area contributed by atoms with Crippen LogP contribution in [0, 0.1) is 0 Å². The second-order valence-electron chi connectivity index (χ2n) is 5.78. The van der Waals surface area contributed by atoms with Gasteiger partial charge in [-0.15, -0.1) is 24.8 Å². The van der Waals surface area contributed by atoms with E-state index in [0.29, 0.717) is 38.5 Å². The summed E-state index contributed by atoms with van der Waals surface area (Å²) in [6.45, 7) is 1.41. The number of hydrogen-bond donors (Lipinski definition) is 1. The van der Waals surface area contributed by atoms with Crippen LogP contribution in [-0.2, 0) is 11.3 Å². The SMILES string of the molecule is Cl.Cl.O=C([C@@H]1CCCN1)N1CCN(Cc2nccn2C(F)F)CC1. The summed E-state index contributed by atoms with van der Waals surface area (Å²) in [5, 5.41) is 3.22. The van der Waals surface area contributed by atoms with Crippen molar-refractivity contribution in [2.75, 3.05) is 32.7 Å². The number of rotatable bonds is 4. The molecule has 1 aromatic heterocycles. The van der Waals surface area contributed by atoms with Crippen LogP contribution in [0.4, 0.5) is 8.78 Å². The van der Waals surface area contributed by atoms with Crippen LogP contribution < -0.4 is 5.32 Å². The number of hydrogen-bond acceptors (Lipinski definition) is 4. The zero-order valence-electron chi connectivity index (χ0n) is 13.2. The molecule has 2 aliphatic heterocycles. The molecule has 2 fully saturated rings. The highest BCUT2D eigenvalue weighted by Crippen LogP contribution is 2.16. The summed E-state index contributed by atoms with van der Waals surface area (Å²) < 4.78 is 26.5. The first-order valence-corrected chi connectivity index (χ1v) is 7.69. The van der Waals surface area contributed by atoms with Crippen molar-refractivity contribution in [1.29, 1.82) is 0 Å². The fourth-order valence-electron chi connectivity index (χ4n) is 3.09. The molecule has 2 saturated heterocycles. The number of nitrogens with one attached hydrogen (secondary N) is 1. The second-order valence-corrected chi connectivity index (χ2v) is 5.78. The van der Waals surface area contributed by atoms with Gasteiger partial charge in [0.1, 0.15) is 5.82 Å². The molecule has 0 radical (unpaired) electrons. The zero-order chi connectivity index (χ0) is 15.5. The van der Waals surface area contributed by atoms with Crippen molar-refractivity contribution >= 4 is 30.7 Å². The van der Waals surface area contributed by atoms with Crippen LogP contribution in [0.2, 0.25) is 0 Å². The third-order valence-corrected chi connectivity index (χ3v) is 4.37. The maximum Gasteiger partial charge on any atom is 0.319 e. The topological polar surface area (TPSA) is 53.4 Å². The number of alkyl halides is 2. The van der Waals surface area contributed by atoms with E-state index in [2.05, 4.69) is 15.2 Å². The largest absolute Gasteiger partial charge is 0.339 e. The van der Waals surface area contributed by atoms with Crippen LogP contribution in [0.15, 0.2) is 12.4 Å². The Morgan fingerprint density at radius 3 is 2.58 bits per heavy atom. The molecular weight excluding hydrogens is 363 g/mol. The maximum atomic E-state index is 12.8. The fourth-order valence-corrected chi connectivity index (χ4v) is 3.09. The maximum absolute atomic E-state index is 12.8. The van der Waals surface area contributed by atoms with Crippen LogP contribution in [0.1, 0.15) is 25.2 Å². The molecule has 0 saturated carbocycles. The molecule has 6 nitrogen and oxygen atoms in total. The van der Waals surface area contributed by atoms with E-state index in [9.17, 15) is 13.6 Å². The molecule has 24 heavy (non-hydrogen) atoms. The average molecular weight is 386 g/mol. The van der Waals surface area contributed by atoms with Gasteiger partial charge in [0.15, 0.2) is 0 Å². The molecule has 3 rings (SSSR count). The summed E-state index contributed by atoms with van der Waals surface area (Å²) in [5.41, 5.74) is 0. The minimum absolute atomic E-state index is 0. The van der Waals surface area contributed by atoms with Gasteiger partial charge in [-0.1, -0.05) is 0 Å². The summed E-state index contributed by atoms with van der Waals surface area (Å²) in [6.07, 6.45) is 4.65. The fraction of sp³-hybridized carbons (Fsp3) is 0.714. The van der Waals surface area contributed by atoms with Gasteiger partial charge in [0.25, 0.3) is 0 Å². The molecule has 1 aromatic rings. The number of carbonyl (C=O) groups excluding carboxylic acids is 1. The van der Waals surface area contributed by atoms with Crippen molar-refractivity contribution in [3.8, 4) is 0 Å². The molecule has 0 aromatic carbocycles. The Labute approximate surface area is 152 Å². The third kappa shape index (κ3) is 4.78. The minimum Gasteiger partial charge on any atom is -0.339 e. The molecule has 3 heterocycles. The Bertz CT molecular complexity index is 517. The number of piperazine rings is 1. The normalized spacial score (nSPS) is 21.5. The quantitative estimate of drug-likeness (QED) is 0.853. The zero-order valence-corrected chi connectivity index (χ0v) is 14.9. The van der Waals surface area contributed by atoms with Crippen molar-refractivity contribution < 1.29 is 13.6 Å². The summed E-state index contributed by atoms with van der Waals surface area (Å²) in [4.78, 5) is 20.2. The van der Waals surface area contributed by atoms with Crippen molar-refractivity contribution in [2.45, 2.75) is 32.0 Å². The summed E-state index contributed by atoms with van der Waals surface area (Å²) in [6, 6.07) is -0.0377. The van der Waals surface area contributed by atoms with Crippen LogP contribution >= 0.6 is 24.8 Å². The van der Waals surface area contributed by atoms with Gasteiger partial charge < -0.3 is 10.2 Å². The molecule has 10 heteroatoms. The van der Waals surface area contributed by atoms with Crippen molar-refractivity contribution in [3.05, 3.63) is 18.2 Å². The van der Waals surface area contributed by atoms with Crippen LogP contribution in [0.5, 0.6) is 0 Å². The lowest BCUT2D eigenvalue weighted by Crippen LogP contribution is -2.52. The van der Waals surface area contributed by atoms with E-state index in [0.717, 1.165) is 24.0 Å². The van der Waals surface area contributed by atoms with Gasteiger partial charge >= 0.3 is 6.55 Å². The number of imidazole rings is 1. The second kappa shape index (κ2) is 9.50. The molecule has 0 bridgehead atoms. The Balaban J connectivity index is 0.00000144. The summed E-state index contributed by atoms with van der Waals surface area (Å²) in [5.74, 6) is 0.540. The van der Waals surface area contributed by atoms with Crippen molar-refractivity contribution in [3.63, 3.8) is 0 Å². The predicted molar refractivity (Wildman–Crippen MR) is 90.9 cm³/mol. The van der Waals surface area contributed by atoms with E-state index in [1.807, 2.05) is 4.90 Å². The molecule has 2 aliphatic rings. The monoisotopic (exact) mass is 385 g/mol. The number of amides is 1. The van der Waals surface area contributed by atoms with Gasteiger partial charge in [0, 0.05) is 38.6 Å². The molecule has 1 N–H and O–H groups in total. The van der Waals surface area contributed by atoms with Crippen molar-refractivity contribution in [2.24, 2.45) is 0 Å². The first-order chi connectivity index (χ1) is 10.6. The predicted octanol–water partition coefficient (Wildman–Crippen LogP) is 1.52. The molecular formula is C14H23Cl2F2N5O. The Morgan fingerprint density at radius 1 is 1.29 bits per heavy atom. The van der Waals surface area contributed by atoms with Crippen LogP contribution in [0.3, 0.4) is 0 Å². The van der Waals surface area contributed by atoms with Gasteiger partial charge in [0.2, 0.25) is 5.91 Å². The molecule has 0 spiro atoms. The Kier molecular flexibility index (Phi) is 8.35. The van der Waals surface area contributed by atoms with Crippen molar-refractivity contribution in [1.82, 2.24) is 24.7 Å². The molecule has 1 amide bonds. The first-order valence-electron chi connectivity index (χ1n) is 7.69. The number of carbonyl (C=O) groups is 1. The van der Waals surface area contributed by atoms with Gasteiger partial charge in [-0.2, -0.15) is 8.78 Å². The number of aromatic nitrogens is 2. The Morgan fingerprint density at radius 2 is 2.00 bits per heavy atom. The summed E-state index contributed by atoms with van der Waals surface area (Å²) in [7, 11) is 0. The molecule has 1 atom stereocenters. The van der Waals surface area contributed by atoms with E-state index in [-0.39, 0.29) is 36.8 Å². The van der Waals surface area contributed by atoms with E-state index < -0.39 is 6.55 Å². The van der Waals surface area contributed by atoms with Gasteiger partial charge in [-0.05, 0) is 19.4 Å². The highest BCUT2D eigenvalue weighted by Gasteiger charge is 2.29. The standard InChI is InChI=1S/C14H21F2N5O.2ClH/c15-14(16)21-5-4-18-12(21)10-19-6-8-20(9-7-19)13(22)11-2-1-3-17-11;;/h4-5,11,14,17H,1-3,6-10H2;2*1H/t11-;;/m0../s1. The van der Waals surface area contributed by atoms with E-state index in [1.165, 1.54) is 12.4 Å². The highest BCUT2D eigenvalue weighted by atomic mass is 35.5. The molecule has 0 aliphatic carbocycles. The lowest BCUT2D eigenvalue weighted by atomic mass is 10.2.